The van der Waals surface area contributed by atoms with Crippen LogP contribution in [0.15, 0.2) is 35.7 Å². The van der Waals surface area contributed by atoms with Gasteiger partial charge in [-0.1, -0.05) is 41.2 Å². The lowest BCUT2D eigenvalue weighted by atomic mass is 10.1. The number of hydrogen-bond donors (Lipinski definition) is 1. The molecule has 0 saturated carbocycles. The molecule has 0 aliphatic carbocycles. The molecule has 1 heterocycles. The number of nitro groups is 1. The molecule has 0 aliphatic rings. The molecular weight excluding hydrogens is 248 g/mol. The maximum Gasteiger partial charge on any atom is 0.324 e. The van der Waals surface area contributed by atoms with E-state index in [1.54, 1.807) is 6.07 Å². The molecule has 0 unspecified atom stereocenters. The Morgan fingerprint density at radius 3 is 2.72 bits per heavy atom. The van der Waals surface area contributed by atoms with E-state index in [-0.39, 0.29) is 9.92 Å². The summed E-state index contributed by atoms with van der Waals surface area (Å²) in [4.78, 5) is 10.2. The predicted octanol–water partition coefficient (Wildman–Crippen LogP) is 3.25. The Bertz CT molecular complexity index is 551. The van der Waals surface area contributed by atoms with Crippen LogP contribution in [-0.4, -0.2) is 4.92 Å². The lowest BCUT2D eigenvalue weighted by molar-refractivity contribution is -0.380. The molecule has 1 aromatic carbocycles. The van der Waals surface area contributed by atoms with E-state index in [1.165, 1.54) is 22.5 Å². The smallest absolute Gasteiger partial charge is 0.309 e. The number of benzene rings is 1. The van der Waals surface area contributed by atoms with Crippen LogP contribution >= 0.6 is 11.3 Å². The van der Waals surface area contributed by atoms with E-state index in [2.05, 4.69) is 30.4 Å². The van der Waals surface area contributed by atoms with Crippen molar-refractivity contribution in [3.8, 4) is 0 Å². The lowest BCUT2D eigenvalue weighted by Gasteiger charge is -2.04. The summed E-state index contributed by atoms with van der Waals surface area (Å²) in [5.74, 6) is 0. The fourth-order valence-electron chi connectivity index (χ4n) is 1.72. The molecule has 1 aromatic heterocycles. The van der Waals surface area contributed by atoms with E-state index in [0.29, 0.717) is 6.54 Å². The zero-order chi connectivity index (χ0) is 13.0. The number of aryl methyl sites for hydroxylation is 1. The van der Waals surface area contributed by atoms with Gasteiger partial charge in [0, 0.05) is 24.5 Å². The van der Waals surface area contributed by atoms with E-state index in [0.717, 1.165) is 12.1 Å². The minimum absolute atomic E-state index is 0.197. The second-order valence-corrected chi connectivity index (χ2v) is 5.03. The van der Waals surface area contributed by atoms with E-state index >= 15 is 0 Å². The van der Waals surface area contributed by atoms with Gasteiger partial charge in [0.05, 0.1) is 4.92 Å². The third-order valence-electron chi connectivity index (χ3n) is 2.56. The summed E-state index contributed by atoms with van der Waals surface area (Å²) < 4.78 is 0. The van der Waals surface area contributed by atoms with Crippen LogP contribution in [0.5, 0.6) is 0 Å². The largest absolute Gasteiger partial charge is 0.324 e. The van der Waals surface area contributed by atoms with Crippen LogP contribution in [0.4, 0.5) is 5.00 Å². The third kappa shape index (κ3) is 3.38. The first-order chi connectivity index (χ1) is 8.65. The van der Waals surface area contributed by atoms with Crippen LogP contribution in [0.25, 0.3) is 0 Å². The highest BCUT2D eigenvalue weighted by Crippen LogP contribution is 2.22. The Morgan fingerprint density at radius 2 is 2.06 bits per heavy atom. The van der Waals surface area contributed by atoms with Crippen molar-refractivity contribution in [2.75, 3.05) is 0 Å². The topological polar surface area (TPSA) is 55.2 Å². The summed E-state index contributed by atoms with van der Waals surface area (Å²) in [7, 11) is 0. The molecule has 5 heteroatoms. The number of nitrogens with one attached hydrogen (secondary N) is 1. The second kappa shape index (κ2) is 5.75. The van der Waals surface area contributed by atoms with Crippen LogP contribution in [-0.2, 0) is 13.1 Å². The van der Waals surface area contributed by atoms with Gasteiger partial charge in [-0.3, -0.25) is 10.1 Å². The molecule has 0 bridgehead atoms. The van der Waals surface area contributed by atoms with Crippen molar-refractivity contribution in [3.63, 3.8) is 0 Å². The van der Waals surface area contributed by atoms with E-state index in [1.807, 2.05) is 11.4 Å². The first kappa shape index (κ1) is 12.7. The molecule has 0 atom stereocenters. The van der Waals surface area contributed by atoms with Crippen molar-refractivity contribution in [2.45, 2.75) is 20.0 Å². The highest BCUT2D eigenvalue weighted by molar-refractivity contribution is 7.13. The van der Waals surface area contributed by atoms with Crippen LogP contribution in [0.1, 0.15) is 16.7 Å². The fourth-order valence-corrected chi connectivity index (χ4v) is 2.45. The monoisotopic (exact) mass is 262 g/mol. The number of nitrogens with zero attached hydrogens (tertiary/aromatic N) is 1. The molecular formula is C13H14N2O2S. The fraction of sp³-hybridized carbons (Fsp3) is 0.231. The molecule has 0 saturated heterocycles. The molecule has 0 fully saturated rings. The summed E-state index contributed by atoms with van der Waals surface area (Å²) in [6.07, 6.45) is 0. The van der Waals surface area contributed by atoms with Crippen LogP contribution in [0.3, 0.4) is 0 Å². The molecule has 0 aliphatic heterocycles. The van der Waals surface area contributed by atoms with Crippen LogP contribution in [0.2, 0.25) is 0 Å². The van der Waals surface area contributed by atoms with Crippen molar-refractivity contribution >= 4 is 16.3 Å². The van der Waals surface area contributed by atoms with Gasteiger partial charge >= 0.3 is 5.00 Å². The summed E-state index contributed by atoms with van der Waals surface area (Å²) in [5.41, 5.74) is 3.42. The molecule has 94 valence electrons. The van der Waals surface area contributed by atoms with Gasteiger partial charge in [0.1, 0.15) is 0 Å². The van der Waals surface area contributed by atoms with E-state index in [4.69, 9.17) is 0 Å². The highest BCUT2D eigenvalue weighted by atomic mass is 32.1. The highest BCUT2D eigenvalue weighted by Gasteiger charge is 2.08. The Balaban J connectivity index is 1.86. The van der Waals surface area contributed by atoms with Gasteiger partial charge in [0.2, 0.25) is 0 Å². The van der Waals surface area contributed by atoms with E-state index in [9.17, 15) is 10.1 Å². The Hall–Kier alpha value is -1.72. The third-order valence-corrected chi connectivity index (χ3v) is 3.49. The van der Waals surface area contributed by atoms with Gasteiger partial charge < -0.3 is 5.32 Å². The maximum atomic E-state index is 10.5. The first-order valence-corrected chi connectivity index (χ1v) is 6.51. The molecule has 18 heavy (non-hydrogen) atoms. The van der Waals surface area contributed by atoms with Gasteiger partial charge in [-0.05, 0) is 18.1 Å². The summed E-state index contributed by atoms with van der Waals surface area (Å²) in [6.45, 7) is 3.48. The average molecular weight is 262 g/mol. The van der Waals surface area contributed by atoms with Gasteiger partial charge in [0.15, 0.2) is 0 Å². The molecule has 0 radical (unpaired) electrons. The SMILES string of the molecule is Cc1cccc(CNCc2csc([N+](=O)[O-])c2)c1. The molecule has 1 N–H and O–H groups in total. The van der Waals surface area contributed by atoms with Gasteiger partial charge in [-0.2, -0.15) is 0 Å². The van der Waals surface area contributed by atoms with Crippen molar-refractivity contribution in [1.82, 2.24) is 5.32 Å². The minimum atomic E-state index is -0.352. The summed E-state index contributed by atoms with van der Waals surface area (Å²) in [6, 6.07) is 9.90. The molecule has 2 aromatic rings. The number of rotatable bonds is 5. The molecule has 2 rings (SSSR count). The average Bonchev–Trinajstić information content (AvgIpc) is 2.78. The lowest BCUT2D eigenvalue weighted by Crippen LogP contribution is -2.12. The van der Waals surface area contributed by atoms with Crippen LogP contribution < -0.4 is 5.32 Å². The first-order valence-electron chi connectivity index (χ1n) is 5.63. The van der Waals surface area contributed by atoms with Crippen LogP contribution in [0, 0.1) is 17.0 Å². The minimum Gasteiger partial charge on any atom is -0.309 e. The van der Waals surface area contributed by atoms with Crippen molar-refractivity contribution in [1.29, 1.82) is 0 Å². The summed E-state index contributed by atoms with van der Waals surface area (Å²) in [5, 5.41) is 15.8. The predicted molar refractivity (Wildman–Crippen MR) is 72.7 cm³/mol. The standard InChI is InChI=1S/C13H14N2O2S/c1-10-3-2-4-11(5-10)7-14-8-12-6-13(15(16)17)18-9-12/h2-6,9,14H,7-8H2,1H3. The van der Waals surface area contributed by atoms with Gasteiger partial charge in [-0.15, -0.1) is 0 Å². The van der Waals surface area contributed by atoms with Gasteiger partial charge in [-0.25, -0.2) is 0 Å². The molecule has 0 spiro atoms. The quantitative estimate of drug-likeness (QED) is 0.664. The Morgan fingerprint density at radius 1 is 1.28 bits per heavy atom. The second-order valence-electron chi connectivity index (χ2n) is 4.14. The number of thiophene rings is 1. The zero-order valence-electron chi connectivity index (χ0n) is 10.1. The Labute approximate surface area is 109 Å². The van der Waals surface area contributed by atoms with E-state index < -0.39 is 0 Å². The van der Waals surface area contributed by atoms with Crippen molar-refractivity contribution < 1.29 is 4.92 Å². The number of hydrogen-bond acceptors (Lipinski definition) is 4. The maximum absolute atomic E-state index is 10.5. The molecule has 0 amide bonds. The summed E-state index contributed by atoms with van der Waals surface area (Å²) >= 11 is 1.17. The van der Waals surface area contributed by atoms with Crippen molar-refractivity contribution in [3.05, 3.63) is 62.5 Å². The Kier molecular flexibility index (Phi) is 4.07. The molecule has 4 nitrogen and oxygen atoms in total. The zero-order valence-corrected chi connectivity index (χ0v) is 10.9. The van der Waals surface area contributed by atoms with Gasteiger partial charge in [0.25, 0.3) is 0 Å². The normalized spacial score (nSPS) is 10.5. The van der Waals surface area contributed by atoms with Crippen molar-refractivity contribution in [2.24, 2.45) is 0 Å².